The number of aliphatic hydroxyl groups is 1. The van der Waals surface area contributed by atoms with E-state index in [2.05, 4.69) is 0 Å². The van der Waals surface area contributed by atoms with Gasteiger partial charge in [0.25, 0.3) is 0 Å². The first-order chi connectivity index (χ1) is 7.69. The molecule has 0 aliphatic heterocycles. The zero-order valence-electron chi connectivity index (χ0n) is 8.49. The molecule has 0 fully saturated rings. The average Bonchev–Trinajstić information content (AvgIpc) is 2.26. The van der Waals surface area contributed by atoms with Crippen molar-refractivity contribution in [3.8, 4) is 6.07 Å². The van der Waals surface area contributed by atoms with Crippen LogP contribution < -0.4 is 0 Å². The Morgan fingerprint density at radius 3 is 2.88 bits per heavy atom. The van der Waals surface area contributed by atoms with E-state index in [-0.39, 0.29) is 23.8 Å². The molecule has 0 heterocycles. The Morgan fingerprint density at radius 2 is 2.31 bits per heavy atom. The highest BCUT2D eigenvalue weighted by molar-refractivity contribution is 6.30. The van der Waals surface area contributed by atoms with Crippen LogP contribution in [0.3, 0.4) is 0 Å². The lowest BCUT2D eigenvalue weighted by molar-refractivity contribution is 0.0753. The fourth-order valence-corrected chi connectivity index (χ4v) is 1.34. The van der Waals surface area contributed by atoms with Crippen molar-refractivity contribution in [3.05, 3.63) is 34.6 Å². The smallest absolute Gasteiger partial charge is 0.171 e. The minimum Gasteiger partial charge on any atom is -0.396 e. The molecule has 0 saturated carbocycles. The van der Waals surface area contributed by atoms with E-state index in [0.29, 0.717) is 6.42 Å². The van der Waals surface area contributed by atoms with Gasteiger partial charge < -0.3 is 9.84 Å². The van der Waals surface area contributed by atoms with Crippen LogP contribution >= 0.6 is 11.6 Å². The molecule has 3 nitrogen and oxygen atoms in total. The first kappa shape index (κ1) is 12.9. The summed E-state index contributed by atoms with van der Waals surface area (Å²) in [7, 11) is 0. The molecule has 1 N–H and O–H groups in total. The van der Waals surface area contributed by atoms with Crippen molar-refractivity contribution in [3.63, 3.8) is 0 Å². The molecule has 1 rings (SSSR count). The molecule has 16 heavy (non-hydrogen) atoms. The van der Waals surface area contributed by atoms with Crippen LogP contribution in [-0.4, -0.2) is 18.3 Å². The monoisotopic (exact) mass is 243 g/mol. The Kier molecular flexibility index (Phi) is 5.20. The van der Waals surface area contributed by atoms with Crippen LogP contribution in [0.25, 0.3) is 0 Å². The van der Waals surface area contributed by atoms with Crippen molar-refractivity contribution in [2.45, 2.75) is 12.5 Å². The molecule has 1 atom stereocenters. The molecule has 0 aliphatic carbocycles. The molecule has 86 valence electrons. The maximum atomic E-state index is 13.4. The van der Waals surface area contributed by atoms with Crippen LogP contribution in [0.1, 0.15) is 18.1 Å². The van der Waals surface area contributed by atoms with Gasteiger partial charge in [0.15, 0.2) is 6.10 Å². The lowest BCUT2D eigenvalue weighted by atomic mass is 10.1. The summed E-state index contributed by atoms with van der Waals surface area (Å²) in [5, 5.41) is 17.7. The number of hydrogen-bond acceptors (Lipinski definition) is 3. The molecule has 1 aromatic rings. The van der Waals surface area contributed by atoms with E-state index in [1.165, 1.54) is 12.1 Å². The minimum absolute atomic E-state index is 0.0265. The zero-order chi connectivity index (χ0) is 12.0. The summed E-state index contributed by atoms with van der Waals surface area (Å²) in [4.78, 5) is 0. The molecule has 0 saturated heterocycles. The second-order valence-corrected chi connectivity index (χ2v) is 3.56. The molecule has 0 amide bonds. The van der Waals surface area contributed by atoms with Crippen LogP contribution in [-0.2, 0) is 4.74 Å². The third-order valence-corrected chi connectivity index (χ3v) is 2.18. The van der Waals surface area contributed by atoms with Crippen LogP contribution in [0, 0.1) is 17.1 Å². The molecule has 1 unspecified atom stereocenters. The number of ether oxygens (including phenoxy) is 1. The van der Waals surface area contributed by atoms with Crippen LogP contribution in [0.2, 0.25) is 5.02 Å². The molecule has 5 heteroatoms. The number of benzene rings is 1. The summed E-state index contributed by atoms with van der Waals surface area (Å²) in [5.41, 5.74) is 0.157. The predicted molar refractivity (Wildman–Crippen MR) is 57.4 cm³/mol. The first-order valence-corrected chi connectivity index (χ1v) is 5.14. The van der Waals surface area contributed by atoms with Gasteiger partial charge in [0.2, 0.25) is 0 Å². The third-order valence-electron chi connectivity index (χ3n) is 1.95. The summed E-state index contributed by atoms with van der Waals surface area (Å²) >= 11 is 5.59. The van der Waals surface area contributed by atoms with Crippen LogP contribution in [0.4, 0.5) is 4.39 Å². The van der Waals surface area contributed by atoms with E-state index >= 15 is 0 Å². The van der Waals surface area contributed by atoms with Crippen LogP contribution in [0.15, 0.2) is 18.2 Å². The van der Waals surface area contributed by atoms with E-state index in [1.54, 1.807) is 0 Å². The number of rotatable bonds is 5. The van der Waals surface area contributed by atoms with Crippen LogP contribution in [0.5, 0.6) is 0 Å². The molecular formula is C11H11ClFNO2. The van der Waals surface area contributed by atoms with Crippen molar-refractivity contribution in [2.24, 2.45) is 0 Å². The van der Waals surface area contributed by atoms with Gasteiger partial charge in [0.05, 0.1) is 12.7 Å². The number of nitriles is 1. The first-order valence-electron chi connectivity index (χ1n) is 4.76. The predicted octanol–water partition coefficient (Wildman–Crippen LogP) is 2.44. The standard InChI is InChI=1S/C11H11ClFNO2/c12-8-2-3-9(10(13)6-8)11(7-14)16-5-1-4-15/h2-3,6,11,15H,1,4-5H2. The fourth-order valence-electron chi connectivity index (χ4n) is 1.18. The van der Waals surface area contributed by atoms with Crippen molar-refractivity contribution in [2.75, 3.05) is 13.2 Å². The molecule has 0 radical (unpaired) electrons. The topological polar surface area (TPSA) is 53.2 Å². The molecule has 0 spiro atoms. The van der Waals surface area contributed by atoms with Gasteiger partial charge in [-0.1, -0.05) is 17.7 Å². The second kappa shape index (κ2) is 6.44. The molecule has 1 aromatic carbocycles. The highest BCUT2D eigenvalue weighted by Gasteiger charge is 2.15. The number of aliphatic hydroxyl groups excluding tert-OH is 1. The summed E-state index contributed by atoms with van der Waals surface area (Å²) in [6, 6.07) is 5.91. The quantitative estimate of drug-likeness (QED) is 0.809. The highest BCUT2D eigenvalue weighted by atomic mass is 35.5. The SMILES string of the molecule is N#CC(OCCCO)c1ccc(Cl)cc1F. The van der Waals surface area contributed by atoms with Gasteiger partial charge in [-0.05, 0) is 18.6 Å². The Balaban J connectivity index is 2.76. The highest BCUT2D eigenvalue weighted by Crippen LogP contribution is 2.23. The third kappa shape index (κ3) is 3.46. The molecular weight excluding hydrogens is 233 g/mol. The lowest BCUT2D eigenvalue weighted by Crippen LogP contribution is -2.06. The maximum Gasteiger partial charge on any atom is 0.171 e. The number of nitrogens with zero attached hydrogens (tertiary/aromatic N) is 1. The van der Waals surface area contributed by atoms with E-state index in [0.717, 1.165) is 6.07 Å². The van der Waals surface area contributed by atoms with Gasteiger partial charge in [-0.2, -0.15) is 5.26 Å². The van der Waals surface area contributed by atoms with Gasteiger partial charge >= 0.3 is 0 Å². The van der Waals surface area contributed by atoms with E-state index < -0.39 is 11.9 Å². The number of hydrogen-bond donors (Lipinski definition) is 1. The van der Waals surface area contributed by atoms with Crippen molar-refractivity contribution < 1.29 is 14.2 Å². The van der Waals surface area contributed by atoms with E-state index in [9.17, 15) is 4.39 Å². The van der Waals surface area contributed by atoms with Gasteiger partial charge in [0.1, 0.15) is 5.82 Å². The normalized spacial score (nSPS) is 12.1. The maximum absolute atomic E-state index is 13.4. The molecule has 0 bridgehead atoms. The summed E-state index contributed by atoms with van der Waals surface area (Å²) < 4.78 is 18.6. The minimum atomic E-state index is -0.969. The Bertz CT molecular complexity index is 392. The summed E-state index contributed by atoms with van der Waals surface area (Å²) in [6.07, 6.45) is -0.559. The van der Waals surface area contributed by atoms with Crippen molar-refractivity contribution in [1.29, 1.82) is 5.26 Å². The van der Waals surface area contributed by atoms with Gasteiger partial charge in [-0.3, -0.25) is 0 Å². The summed E-state index contributed by atoms with van der Waals surface area (Å²) in [5.74, 6) is -0.567. The summed E-state index contributed by atoms with van der Waals surface area (Å²) in [6.45, 7) is 0.179. The van der Waals surface area contributed by atoms with Crippen molar-refractivity contribution in [1.82, 2.24) is 0 Å². The number of halogens is 2. The van der Waals surface area contributed by atoms with E-state index in [1.807, 2.05) is 6.07 Å². The Labute approximate surface area is 98.0 Å². The van der Waals surface area contributed by atoms with Gasteiger partial charge in [-0.25, -0.2) is 4.39 Å². The van der Waals surface area contributed by atoms with Crippen molar-refractivity contribution >= 4 is 11.6 Å². The fraction of sp³-hybridized carbons (Fsp3) is 0.364. The zero-order valence-corrected chi connectivity index (χ0v) is 9.25. The Morgan fingerprint density at radius 1 is 1.56 bits per heavy atom. The molecule has 0 aromatic heterocycles. The Hall–Kier alpha value is -1.15. The largest absolute Gasteiger partial charge is 0.396 e. The van der Waals surface area contributed by atoms with Gasteiger partial charge in [-0.15, -0.1) is 0 Å². The van der Waals surface area contributed by atoms with Gasteiger partial charge in [0, 0.05) is 17.2 Å². The second-order valence-electron chi connectivity index (χ2n) is 3.12. The lowest BCUT2D eigenvalue weighted by Gasteiger charge is -2.11. The molecule has 0 aliphatic rings. The van der Waals surface area contributed by atoms with E-state index in [4.69, 9.17) is 26.7 Å². The average molecular weight is 244 g/mol.